The van der Waals surface area contributed by atoms with Gasteiger partial charge in [-0.2, -0.15) is 13.2 Å². The fourth-order valence-corrected chi connectivity index (χ4v) is 2.29. The van der Waals surface area contributed by atoms with Gasteiger partial charge in [0.25, 0.3) is 5.89 Å². The van der Waals surface area contributed by atoms with Crippen molar-refractivity contribution in [3.8, 4) is 23.2 Å². The lowest BCUT2D eigenvalue weighted by Gasteiger charge is -2.05. The number of alkyl halides is 3. The van der Waals surface area contributed by atoms with Crippen molar-refractivity contribution in [2.24, 2.45) is 0 Å². The van der Waals surface area contributed by atoms with Crippen LogP contribution in [0.15, 0.2) is 52.9 Å². The fourth-order valence-electron chi connectivity index (χ4n) is 2.29. The van der Waals surface area contributed by atoms with Gasteiger partial charge in [-0.05, 0) is 36.4 Å². The van der Waals surface area contributed by atoms with Crippen molar-refractivity contribution in [3.05, 3.63) is 54.1 Å². The first-order chi connectivity index (χ1) is 11.5. The van der Waals surface area contributed by atoms with Crippen LogP contribution in [0.1, 0.15) is 5.56 Å². The van der Waals surface area contributed by atoms with E-state index >= 15 is 0 Å². The van der Waals surface area contributed by atoms with Crippen LogP contribution in [0.4, 0.5) is 13.2 Å². The molecule has 24 heavy (non-hydrogen) atoms. The highest BCUT2D eigenvalue weighted by Gasteiger charge is 2.30. The zero-order valence-corrected chi connectivity index (χ0v) is 12.0. The second-order valence-corrected chi connectivity index (χ2v) is 5.09. The van der Waals surface area contributed by atoms with Gasteiger partial charge in [0.15, 0.2) is 5.82 Å². The minimum Gasteiger partial charge on any atom is -0.413 e. The maximum Gasteiger partial charge on any atom is 0.416 e. The molecule has 2 aromatic heterocycles. The molecule has 0 spiro atoms. The van der Waals surface area contributed by atoms with E-state index in [4.69, 9.17) is 4.42 Å². The van der Waals surface area contributed by atoms with Gasteiger partial charge in [-0.25, -0.2) is 4.98 Å². The Labute approximate surface area is 133 Å². The summed E-state index contributed by atoms with van der Waals surface area (Å²) in [6, 6.07) is 11.9. The zero-order chi connectivity index (χ0) is 16.7. The number of para-hydroxylation sites is 2. The number of nitrogens with one attached hydrogen (secondary N) is 1. The number of nitrogens with zero attached hydrogens (tertiary/aromatic N) is 3. The van der Waals surface area contributed by atoms with Crippen LogP contribution in [-0.2, 0) is 6.18 Å². The summed E-state index contributed by atoms with van der Waals surface area (Å²) in [5, 5.41) is 7.76. The molecule has 120 valence electrons. The van der Waals surface area contributed by atoms with Crippen molar-refractivity contribution in [2.45, 2.75) is 6.18 Å². The van der Waals surface area contributed by atoms with Crippen molar-refractivity contribution in [1.29, 1.82) is 0 Å². The predicted octanol–water partition coefficient (Wildman–Crippen LogP) is 4.30. The third kappa shape index (κ3) is 2.51. The molecule has 0 amide bonds. The fraction of sp³-hybridized carbons (Fsp3) is 0.0625. The van der Waals surface area contributed by atoms with Gasteiger partial charge in [0.05, 0.1) is 16.6 Å². The Kier molecular flexibility index (Phi) is 3.12. The van der Waals surface area contributed by atoms with E-state index in [9.17, 15) is 13.2 Å². The Balaban J connectivity index is 1.67. The van der Waals surface area contributed by atoms with Crippen LogP contribution in [0, 0.1) is 0 Å². The smallest absolute Gasteiger partial charge is 0.413 e. The molecular formula is C16H9F3N4O. The maximum absolute atomic E-state index is 12.6. The second-order valence-electron chi connectivity index (χ2n) is 5.09. The highest BCUT2D eigenvalue weighted by Crippen LogP contribution is 2.31. The van der Waals surface area contributed by atoms with Crippen molar-refractivity contribution >= 4 is 11.0 Å². The molecule has 0 unspecified atom stereocenters. The van der Waals surface area contributed by atoms with Gasteiger partial charge in [-0.3, -0.25) is 0 Å². The van der Waals surface area contributed by atoms with Crippen LogP contribution in [-0.4, -0.2) is 20.2 Å². The van der Waals surface area contributed by atoms with Crippen LogP contribution in [0.2, 0.25) is 0 Å². The summed E-state index contributed by atoms with van der Waals surface area (Å²) in [7, 11) is 0. The van der Waals surface area contributed by atoms with Gasteiger partial charge in [0, 0.05) is 5.56 Å². The summed E-state index contributed by atoms with van der Waals surface area (Å²) < 4.78 is 43.3. The number of imidazole rings is 1. The average molecular weight is 330 g/mol. The highest BCUT2D eigenvalue weighted by atomic mass is 19.4. The molecule has 2 aromatic carbocycles. The Hall–Kier alpha value is -3.16. The van der Waals surface area contributed by atoms with Gasteiger partial charge in [-0.1, -0.05) is 12.1 Å². The number of fused-ring (bicyclic) bond motifs is 1. The number of halogens is 3. The largest absolute Gasteiger partial charge is 0.416 e. The van der Waals surface area contributed by atoms with Gasteiger partial charge in [0.1, 0.15) is 0 Å². The van der Waals surface area contributed by atoms with E-state index in [1.807, 2.05) is 24.3 Å². The Bertz CT molecular complexity index is 969. The zero-order valence-electron chi connectivity index (χ0n) is 12.0. The standard InChI is InChI=1S/C16H9F3N4O/c17-16(18,19)10-7-5-9(6-8-10)14-22-23-15(24-14)13-20-11-3-1-2-4-12(11)21-13/h1-8H,(H,20,21). The first kappa shape index (κ1) is 14.4. The number of hydrogen-bond donors (Lipinski definition) is 1. The monoisotopic (exact) mass is 330 g/mol. The van der Waals surface area contributed by atoms with Crippen LogP contribution in [0.5, 0.6) is 0 Å². The molecule has 5 nitrogen and oxygen atoms in total. The summed E-state index contributed by atoms with van der Waals surface area (Å²) in [6.45, 7) is 0. The number of aromatic nitrogens is 4. The van der Waals surface area contributed by atoms with E-state index < -0.39 is 11.7 Å². The molecule has 0 aliphatic rings. The van der Waals surface area contributed by atoms with Crippen molar-refractivity contribution in [1.82, 2.24) is 20.2 Å². The first-order valence-electron chi connectivity index (χ1n) is 6.97. The van der Waals surface area contributed by atoms with Crippen LogP contribution in [0.25, 0.3) is 34.2 Å². The van der Waals surface area contributed by atoms with Crippen molar-refractivity contribution in [2.75, 3.05) is 0 Å². The molecular weight excluding hydrogens is 321 g/mol. The molecule has 2 heterocycles. The molecule has 0 atom stereocenters. The van der Waals surface area contributed by atoms with Gasteiger partial charge < -0.3 is 9.40 Å². The Morgan fingerprint density at radius 2 is 1.58 bits per heavy atom. The van der Waals surface area contributed by atoms with E-state index in [1.54, 1.807) is 0 Å². The van der Waals surface area contributed by atoms with Gasteiger partial charge >= 0.3 is 6.18 Å². The minimum absolute atomic E-state index is 0.124. The summed E-state index contributed by atoms with van der Waals surface area (Å²) in [5.41, 5.74) is 1.24. The first-order valence-corrected chi connectivity index (χ1v) is 6.97. The summed E-state index contributed by atoms with van der Waals surface area (Å²) >= 11 is 0. The quantitative estimate of drug-likeness (QED) is 0.595. The summed E-state index contributed by atoms with van der Waals surface area (Å²) in [6.07, 6.45) is -4.38. The van der Waals surface area contributed by atoms with E-state index in [0.717, 1.165) is 23.2 Å². The molecule has 0 bridgehead atoms. The van der Waals surface area contributed by atoms with E-state index in [-0.39, 0.29) is 11.8 Å². The highest BCUT2D eigenvalue weighted by molar-refractivity contribution is 5.77. The normalized spacial score (nSPS) is 12.0. The van der Waals surface area contributed by atoms with Crippen LogP contribution >= 0.6 is 0 Å². The van der Waals surface area contributed by atoms with Gasteiger partial charge in [0.2, 0.25) is 5.89 Å². The van der Waals surface area contributed by atoms with Crippen LogP contribution in [0.3, 0.4) is 0 Å². The maximum atomic E-state index is 12.6. The van der Waals surface area contributed by atoms with Gasteiger partial charge in [-0.15, -0.1) is 10.2 Å². The second kappa shape index (κ2) is 5.19. The lowest BCUT2D eigenvalue weighted by Crippen LogP contribution is -2.03. The SMILES string of the molecule is FC(F)(F)c1ccc(-c2nnc(-c3nc4ccccc4[nH]3)o2)cc1. The van der Waals surface area contributed by atoms with Crippen LogP contribution < -0.4 is 0 Å². The topological polar surface area (TPSA) is 67.6 Å². The molecule has 0 saturated carbocycles. The number of rotatable bonds is 2. The predicted molar refractivity (Wildman–Crippen MR) is 79.8 cm³/mol. The number of hydrogen-bond acceptors (Lipinski definition) is 4. The Morgan fingerprint density at radius 3 is 2.29 bits per heavy atom. The minimum atomic E-state index is -4.38. The summed E-state index contributed by atoms with van der Waals surface area (Å²) in [5.74, 6) is 0.696. The molecule has 0 aliphatic carbocycles. The summed E-state index contributed by atoms with van der Waals surface area (Å²) in [4.78, 5) is 7.39. The van der Waals surface area contributed by atoms with E-state index in [2.05, 4.69) is 20.2 Å². The molecule has 0 radical (unpaired) electrons. The Morgan fingerprint density at radius 1 is 0.875 bits per heavy atom. The molecule has 0 saturated heterocycles. The number of aromatic amines is 1. The molecule has 0 fully saturated rings. The van der Waals surface area contributed by atoms with Crippen molar-refractivity contribution in [3.63, 3.8) is 0 Å². The number of benzene rings is 2. The average Bonchev–Trinajstić information content (AvgIpc) is 3.21. The van der Waals surface area contributed by atoms with E-state index in [1.165, 1.54) is 12.1 Å². The lowest BCUT2D eigenvalue weighted by atomic mass is 10.1. The molecule has 0 aliphatic heterocycles. The van der Waals surface area contributed by atoms with Crippen molar-refractivity contribution < 1.29 is 17.6 Å². The lowest BCUT2D eigenvalue weighted by molar-refractivity contribution is -0.137. The molecule has 8 heteroatoms. The number of H-pyrrole nitrogens is 1. The third-order valence-electron chi connectivity index (χ3n) is 3.48. The molecule has 4 aromatic rings. The molecule has 4 rings (SSSR count). The van der Waals surface area contributed by atoms with E-state index in [0.29, 0.717) is 11.4 Å². The third-order valence-corrected chi connectivity index (χ3v) is 3.48. The molecule has 1 N–H and O–H groups in total.